The molecule has 2 aromatic rings. The van der Waals surface area contributed by atoms with Crippen LogP contribution in [0.15, 0.2) is 35.1 Å². The number of rotatable bonds is 5. The standard InChI is InChI=1S/C18H21ClN4O3/c1-2-14-11-17(25)23(18(21-14)22-6-8-26-9-7-22)12-16(24)20-15-5-3-4-13(19)10-15/h3-5,10-11H,2,6-9,12H2,1H3,(H,20,24). The number of hydrogen-bond acceptors (Lipinski definition) is 5. The molecule has 1 aliphatic rings. The number of amides is 1. The number of benzene rings is 1. The van der Waals surface area contributed by atoms with Crippen LogP contribution in [0.1, 0.15) is 12.6 Å². The van der Waals surface area contributed by atoms with Gasteiger partial charge in [0.1, 0.15) is 6.54 Å². The quantitative estimate of drug-likeness (QED) is 0.862. The highest BCUT2D eigenvalue weighted by Crippen LogP contribution is 2.16. The predicted octanol–water partition coefficient (Wildman–Crippen LogP) is 1.93. The molecule has 0 aliphatic carbocycles. The van der Waals surface area contributed by atoms with Gasteiger partial charge in [0, 0.05) is 35.6 Å². The van der Waals surface area contributed by atoms with E-state index in [9.17, 15) is 9.59 Å². The molecule has 1 aromatic heterocycles. The zero-order chi connectivity index (χ0) is 18.5. The van der Waals surface area contributed by atoms with Crippen molar-refractivity contribution in [2.24, 2.45) is 0 Å². The van der Waals surface area contributed by atoms with Gasteiger partial charge in [0.05, 0.1) is 13.2 Å². The van der Waals surface area contributed by atoms with Crippen molar-refractivity contribution in [3.05, 3.63) is 51.4 Å². The van der Waals surface area contributed by atoms with Gasteiger partial charge >= 0.3 is 0 Å². The van der Waals surface area contributed by atoms with Crippen molar-refractivity contribution in [1.82, 2.24) is 9.55 Å². The summed E-state index contributed by atoms with van der Waals surface area (Å²) in [5, 5.41) is 3.29. The van der Waals surface area contributed by atoms with E-state index in [4.69, 9.17) is 16.3 Å². The fourth-order valence-corrected chi connectivity index (χ4v) is 2.98. The number of morpholine rings is 1. The van der Waals surface area contributed by atoms with Crippen molar-refractivity contribution in [2.75, 3.05) is 36.5 Å². The van der Waals surface area contributed by atoms with Crippen molar-refractivity contribution in [1.29, 1.82) is 0 Å². The largest absolute Gasteiger partial charge is 0.378 e. The summed E-state index contributed by atoms with van der Waals surface area (Å²) in [5.41, 5.74) is 1.06. The van der Waals surface area contributed by atoms with Crippen LogP contribution in [0.3, 0.4) is 0 Å². The number of ether oxygens (including phenoxy) is 1. The molecule has 0 radical (unpaired) electrons. The Morgan fingerprint density at radius 2 is 2.08 bits per heavy atom. The van der Waals surface area contributed by atoms with Crippen molar-refractivity contribution in [3.63, 3.8) is 0 Å². The average Bonchev–Trinajstić information content (AvgIpc) is 2.64. The Kier molecular flexibility index (Phi) is 5.90. The number of aromatic nitrogens is 2. The first-order valence-electron chi connectivity index (χ1n) is 8.55. The SMILES string of the molecule is CCc1cc(=O)n(CC(=O)Nc2cccc(Cl)c2)c(N2CCOCC2)n1. The number of nitrogens with zero attached hydrogens (tertiary/aromatic N) is 3. The summed E-state index contributed by atoms with van der Waals surface area (Å²) in [6.07, 6.45) is 0.655. The lowest BCUT2D eigenvalue weighted by atomic mass is 10.3. The minimum absolute atomic E-state index is 0.116. The molecule has 0 saturated carbocycles. The van der Waals surface area contributed by atoms with Crippen LogP contribution in [-0.2, 0) is 22.5 Å². The van der Waals surface area contributed by atoms with Gasteiger partial charge < -0.3 is 15.0 Å². The molecule has 3 rings (SSSR count). The van der Waals surface area contributed by atoms with Gasteiger partial charge in [0.25, 0.3) is 5.56 Å². The second-order valence-electron chi connectivity index (χ2n) is 5.98. The molecule has 1 amide bonds. The van der Waals surface area contributed by atoms with Crippen molar-refractivity contribution >= 4 is 29.1 Å². The highest BCUT2D eigenvalue weighted by Gasteiger charge is 2.19. The Bertz CT molecular complexity index is 847. The van der Waals surface area contributed by atoms with Gasteiger partial charge in [0.2, 0.25) is 11.9 Å². The molecule has 0 bridgehead atoms. The molecule has 2 heterocycles. The van der Waals surface area contributed by atoms with Crippen molar-refractivity contribution in [2.45, 2.75) is 19.9 Å². The number of hydrogen-bond donors (Lipinski definition) is 1. The van der Waals surface area contributed by atoms with E-state index in [1.807, 2.05) is 11.8 Å². The molecule has 1 aliphatic heterocycles. The minimum Gasteiger partial charge on any atom is -0.378 e. The third kappa shape index (κ3) is 4.42. The molecule has 1 fully saturated rings. The second-order valence-corrected chi connectivity index (χ2v) is 6.42. The molecule has 0 atom stereocenters. The topological polar surface area (TPSA) is 76.5 Å². The number of aryl methyl sites for hydroxylation is 1. The van der Waals surface area contributed by atoms with Gasteiger partial charge in [-0.25, -0.2) is 4.98 Å². The van der Waals surface area contributed by atoms with Gasteiger partial charge in [-0.15, -0.1) is 0 Å². The average molecular weight is 377 g/mol. The number of nitrogens with one attached hydrogen (secondary N) is 1. The molecule has 0 unspecified atom stereocenters. The van der Waals surface area contributed by atoms with Crippen LogP contribution in [0, 0.1) is 0 Å². The Hall–Kier alpha value is -2.38. The number of carbonyl (C=O) groups excluding carboxylic acids is 1. The van der Waals surface area contributed by atoms with Crippen molar-refractivity contribution < 1.29 is 9.53 Å². The van der Waals surface area contributed by atoms with Crippen LogP contribution in [0.2, 0.25) is 5.02 Å². The van der Waals surface area contributed by atoms with Crippen LogP contribution in [0.25, 0.3) is 0 Å². The van der Waals surface area contributed by atoms with Crippen molar-refractivity contribution in [3.8, 4) is 0 Å². The normalized spacial score (nSPS) is 14.3. The van der Waals surface area contributed by atoms with Gasteiger partial charge in [-0.2, -0.15) is 0 Å². The maximum Gasteiger partial charge on any atom is 0.255 e. The first-order chi connectivity index (χ1) is 12.6. The molecule has 138 valence electrons. The number of carbonyl (C=O) groups is 1. The fourth-order valence-electron chi connectivity index (χ4n) is 2.78. The van der Waals surface area contributed by atoms with Gasteiger partial charge in [-0.3, -0.25) is 14.2 Å². The Morgan fingerprint density at radius 1 is 1.31 bits per heavy atom. The molecule has 1 saturated heterocycles. The molecule has 8 heteroatoms. The van der Waals surface area contributed by atoms with Crippen LogP contribution >= 0.6 is 11.6 Å². The third-order valence-corrected chi connectivity index (χ3v) is 4.34. The first kappa shape index (κ1) is 18.4. The Morgan fingerprint density at radius 3 is 2.77 bits per heavy atom. The lowest BCUT2D eigenvalue weighted by molar-refractivity contribution is -0.116. The third-order valence-electron chi connectivity index (χ3n) is 4.11. The summed E-state index contributed by atoms with van der Waals surface area (Å²) in [4.78, 5) is 31.6. The zero-order valence-corrected chi connectivity index (χ0v) is 15.3. The summed E-state index contributed by atoms with van der Waals surface area (Å²) in [7, 11) is 0. The van der Waals surface area contributed by atoms with Gasteiger partial charge in [-0.1, -0.05) is 24.6 Å². The zero-order valence-electron chi connectivity index (χ0n) is 14.6. The van der Waals surface area contributed by atoms with Crippen LogP contribution in [-0.4, -0.2) is 41.8 Å². The molecule has 26 heavy (non-hydrogen) atoms. The van der Waals surface area contributed by atoms with E-state index in [1.165, 1.54) is 10.6 Å². The van der Waals surface area contributed by atoms with E-state index in [-0.39, 0.29) is 18.0 Å². The molecular formula is C18H21ClN4O3. The predicted molar refractivity (Wildman–Crippen MR) is 101 cm³/mol. The summed E-state index contributed by atoms with van der Waals surface area (Å²) in [5.74, 6) is 0.203. The highest BCUT2D eigenvalue weighted by atomic mass is 35.5. The highest BCUT2D eigenvalue weighted by molar-refractivity contribution is 6.30. The Labute approximate surface area is 156 Å². The van der Waals surface area contributed by atoms with Gasteiger partial charge in [0.15, 0.2) is 0 Å². The van der Waals surface area contributed by atoms with E-state index < -0.39 is 0 Å². The fraction of sp³-hybridized carbons (Fsp3) is 0.389. The smallest absolute Gasteiger partial charge is 0.255 e. The van der Waals surface area contributed by atoms with Crippen LogP contribution < -0.4 is 15.8 Å². The summed E-state index contributed by atoms with van der Waals surface area (Å²) < 4.78 is 6.78. The maximum atomic E-state index is 12.6. The molecular weight excluding hydrogens is 356 g/mol. The molecule has 0 spiro atoms. The summed E-state index contributed by atoms with van der Waals surface area (Å²) >= 11 is 5.94. The Balaban J connectivity index is 1.85. The summed E-state index contributed by atoms with van der Waals surface area (Å²) in [6.45, 7) is 4.24. The lowest BCUT2D eigenvalue weighted by Crippen LogP contribution is -2.42. The van der Waals surface area contributed by atoms with Gasteiger partial charge in [-0.05, 0) is 24.6 Å². The number of anilines is 2. The monoisotopic (exact) mass is 376 g/mol. The maximum absolute atomic E-state index is 12.6. The minimum atomic E-state index is -0.310. The molecule has 1 aromatic carbocycles. The lowest BCUT2D eigenvalue weighted by Gasteiger charge is -2.29. The van der Waals surface area contributed by atoms with E-state index in [1.54, 1.807) is 24.3 Å². The first-order valence-corrected chi connectivity index (χ1v) is 8.93. The van der Waals surface area contributed by atoms with E-state index >= 15 is 0 Å². The van der Waals surface area contributed by atoms with Crippen LogP contribution in [0.4, 0.5) is 11.6 Å². The summed E-state index contributed by atoms with van der Waals surface area (Å²) in [6, 6.07) is 8.36. The number of halogens is 1. The van der Waals surface area contributed by atoms with E-state index in [0.717, 1.165) is 0 Å². The van der Waals surface area contributed by atoms with E-state index in [0.29, 0.717) is 55.1 Å². The molecule has 7 nitrogen and oxygen atoms in total. The van der Waals surface area contributed by atoms with Crippen LogP contribution in [0.5, 0.6) is 0 Å². The van der Waals surface area contributed by atoms with E-state index in [2.05, 4.69) is 10.3 Å². The molecule has 1 N–H and O–H groups in total. The second kappa shape index (κ2) is 8.33.